The first-order valence-electron chi connectivity index (χ1n) is 7.46. The van der Waals surface area contributed by atoms with E-state index in [0.29, 0.717) is 0 Å². The maximum Gasteiger partial charge on any atom is 0.246 e. The molecule has 1 aliphatic heterocycles. The lowest BCUT2D eigenvalue weighted by Crippen LogP contribution is -2.34. The Morgan fingerprint density at radius 2 is 1.83 bits per heavy atom. The fraction of sp³-hybridized carbons (Fsp3) is 0.688. The van der Waals surface area contributed by atoms with Crippen molar-refractivity contribution in [1.29, 1.82) is 0 Å². The van der Waals surface area contributed by atoms with Crippen molar-refractivity contribution in [2.75, 3.05) is 13.1 Å². The van der Waals surface area contributed by atoms with Crippen LogP contribution in [0.1, 0.15) is 58.3 Å². The third-order valence-electron chi connectivity index (χ3n) is 3.38. The molecular formula is C16H27NO. The average Bonchev–Trinajstić information content (AvgIpc) is 2.42. The summed E-state index contributed by atoms with van der Waals surface area (Å²) >= 11 is 0. The first-order chi connectivity index (χ1) is 8.84. The lowest BCUT2D eigenvalue weighted by molar-refractivity contribution is -0.126. The van der Waals surface area contributed by atoms with Gasteiger partial charge in [0, 0.05) is 19.2 Å². The maximum atomic E-state index is 11.8. The van der Waals surface area contributed by atoms with Crippen molar-refractivity contribution in [1.82, 2.24) is 4.90 Å². The van der Waals surface area contributed by atoms with Crippen LogP contribution in [-0.4, -0.2) is 23.9 Å². The summed E-state index contributed by atoms with van der Waals surface area (Å²) in [6.45, 7) is 4.10. The Bertz CT molecular complexity index is 275. The molecule has 1 rings (SSSR count). The highest BCUT2D eigenvalue weighted by Gasteiger charge is 2.12. The van der Waals surface area contributed by atoms with Crippen molar-refractivity contribution in [3.05, 3.63) is 24.3 Å². The highest BCUT2D eigenvalue weighted by Crippen LogP contribution is 2.09. The van der Waals surface area contributed by atoms with Gasteiger partial charge in [0.05, 0.1) is 0 Å². The number of allylic oxidation sites excluding steroid dienone is 3. The van der Waals surface area contributed by atoms with E-state index in [2.05, 4.69) is 13.0 Å². The van der Waals surface area contributed by atoms with Gasteiger partial charge in [0.25, 0.3) is 0 Å². The van der Waals surface area contributed by atoms with Gasteiger partial charge in [-0.1, -0.05) is 44.4 Å². The summed E-state index contributed by atoms with van der Waals surface area (Å²) < 4.78 is 0. The van der Waals surface area contributed by atoms with E-state index in [0.717, 1.165) is 32.4 Å². The number of amides is 1. The third kappa shape index (κ3) is 6.63. The fourth-order valence-electron chi connectivity index (χ4n) is 2.22. The minimum absolute atomic E-state index is 0.172. The molecule has 2 heteroatoms. The van der Waals surface area contributed by atoms with Crippen molar-refractivity contribution >= 4 is 5.91 Å². The molecule has 2 nitrogen and oxygen atoms in total. The highest BCUT2D eigenvalue weighted by atomic mass is 16.2. The number of likely N-dealkylation sites (tertiary alicyclic amines) is 1. The molecule has 0 saturated carbocycles. The highest BCUT2D eigenvalue weighted by molar-refractivity contribution is 5.87. The largest absolute Gasteiger partial charge is 0.339 e. The van der Waals surface area contributed by atoms with E-state index >= 15 is 0 Å². The summed E-state index contributed by atoms with van der Waals surface area (Å²) in [6.07, 6.45) is 17.7. The van der Waals surface area contributed by atoms with Crippen molar-refractivity contribution in [2.45, 2.75) is 58.3 Å². The van der Waals surface area contributed by atoms with Crippen molar-refractivity contribution in [3.63, 3.8) is 0 Å². The van der Waals surface area contributed by atoms with E-state index in [1.54, 1.807) is 6.08 Å². The second-order valence-electron chi connectivity index (χ2n) is 5.02. The molecule has 1 saturated heterocycles. The number of hydrogen-bond donors (Lipinski definition) is 0. The smallest absolute Gasteiger partial charge is 0.246 e. The predicted octanol–water partition coefficient (Wildman–Crippen LogP) is 4.08. The molecule has 0 aliphatic carbocycles. The van der Waals surface area contributed by atoms with Gasteiger partial charge in [-0.15, -0.1) is 0 Å². The molecule has 0 bridgehead atoms. The van der Waals surface area contributed by atoms with E-state index < -0.39 is 0 Å². The Morgan fingerprint density at radius 1 is 1.06 bits per heavy atom. The van der Waals surface area contributed by atoms with Gasteiger partial charge >= 0.3 is 0 Å². The van der Waals surface area contributed by atoms with Crippen LogP contribution in [0.25, 0.3) is 0 Å². The van der Waals surface area contributed by atoms with Gasteiger partial charge in [-0.25, -0.2) is 0 Å². The summed E-state index contributed by atoms with van der Waals surface area (Å²) in [6, 6.07) is 0. The molecular weight excluding hydrogens is 222 g/mol. The topological polar surface area (TPSA) is 20.3 Å². The molecule has 0 N–H and O–H groups in total. The Kier molecular flexibility index (Phi) is 8.28. The lowest BCUT2D eigenvalue weighted by atomic mass is 10.1. The Labute approximate surface area is 112 Å². The first kappa shape index (κ1) is 15.0. The number of nitrogens with zero attached hydrogens (tertiary/aromatic N) is 1. The lowest BCUT2D eigenvalue weighted by Gasteiger charge is -2.25. The SMILES string of the molecule is CCCCCC/C=C\C=C\C(=O)N1CCCCC1. The normalized spacial score (nSPS) is 16.8. The van der Waals surface area contributed by atoms with Crippen LogP contribution in [0.4, 0.5) is 0 Å². The van der Waals surface area contributed by atoms with Crippen LogP contribution >= 0.6 is 0 Å². The van der Waals surface area contributed by atoms with E-state index in [9.17, 15) is 4.79 Å². The van der Waals surface area contributed by atoms with Gasteiger partial charge in [0.15, 0.2) is 0 Å². The molecule has 18 heavy (non-hydrogen) atoms. The molecule has 1 heterocycles. The molecule has 0 aromatic carbocycles. The minimum atomic E-state index is 0.172. The number of hydrogen-bond acceptors (Lipinski definition) is 1. The van der Waals surface area contributed by atoms with E-state index in [1.807, 2.05) is 17.1 Å². The van der Waals surface area contributed by atoms with Crippen LogP contribution in [0.5, 0.6) is 0 Å². The van der Waals surface area contributed by atoms with E-state index in [1.165, 1.54) is 32.1 Å². The second kappa shape index (κ2) is 9.93. The molecule has 1 aliphatic rings. The number of unbranched alkanes of at least 4 members (excludes halogenated alkanes) is 4. The van der Waals surface area contributed by atoms with Gasteiger partial charge in [-0.2, -0.15) is 0 Å². The van der Waals surface area contributed by atoms with Gasteiger partial charge in [0.2, 0.25) is 5.91 Å². The fourth-order valence-corrected chi connectivity index (χ4v) is 2.22. The number of piperidine rings is 1. The van der Waals surface area contributed by atoms with Gasteiger partial charge in [0.1, 0.15) is 0 Å². The molecule has 0 radical (unpaired) electrons. The standard InChI is InChI=1S/C16H27NO/c1-2-3-4-5-6-7-8-10-13-16(18)17-14-11-9-12-15-17/h7-8,10,13H,2-6,9,11-12,14-15H2,1H3/b8-7-,13-10+. The van der Waals surface area contributed by atoms with Crippen LogP contribution in [0, 0.1) is 0 Å². The minimum Gasteiger partial charge on any atom is -0.339 e. The van der Waals surface area contributed by atoms with Crippen molar-refractivity contribution < 1.29 is 4.79 Å². The van der Waals surface area contributed by atoms with Crippen molar-refractivity contribution in [2.24, 2.45) is 0 Å². The van der Waals surface area contributed by atoms with Crippen LogP contribution in [0.3, 0.4) is 0 Å². The van der Waals surface area contributed by atoms with Crippen LogP contribution in [0.2, 0.25) is 0 Å². The zero-order chi connectivity index (χ0) is 13.1. The van der Waals surface area contributed by atoms with Crippen LogP contribution < -0.4 is 0 Å². The molecule has 0 atom stereocenters. The number of carbonyl (C=O) groups excluding carboxylic acids is 1. The average molecular weight is 249 g/mol. The van der Waals surface area contributed by atoms with Crippen LogP contribution in [-0.2, 0) is 4.79 Å². The number of rotatable bonds is 7. The molecule has 0 aromatic heterocycles. The van der Waals surface area contributed by atoms with E-state index in [4.69, 9.17) is 0 Å². The summed E-state index contributed by atoms with van der Waals surface area (Å²) in [5.74, 6) is 0.172. The number of carbonyl (C=O) groups is 1. The summed E-state index contributed by atoms with van der Waals surface area (Å²) in [4.78, 5) is 13.7. The predicted molar refractivity (Wildman–Crippen MR) is 77.5 cm³/mol. The van der Waals surface area contributed by atoms with Crippen LogP contribution in [0.15, 0.2) is 24.3 Å². The molecule has 0 aromatic rings. The second-order valence-corrected chi connectivity index (χ2v) is 5.02. The maximum absolute atomic E-state index is 11.8. The quantitative estimate of drug-likeness (QED) is 0.378. The van der Waals surface area contributed by atoms with E-state index in [-0.39, 0.29) is 5.91 Å². The van der Waals surface area contributed by atoms with Gasteiger partial charge in [-0.05, 0) is 32.1 Å². The molecule has 1 amide bonds. The summed E-state index contributed by atoms with van der Waals surface area (Å²) in [7, 11) is 0. The monoisotopic (exact) mass is 249 g/mol. The molecule has 0 unspecified atom stereocenters. The molecule has 1 fully saturated rings. The Morgan fingerprint density at radius 3 is 2.56 bits per heavy atom. The third-order valence-corrected chi connectivity index (χ3v) is 3.38. The summed E-state index contributed by atoms with van der Waals surface area (Å²) in [5, 5.41) is 0. The van der Waals surface area contributed by atoms with Gasteiger partial charge < -0.3 is 4.90 Å². The Balaban J connectivity index is 2.11. The Hall–Kier alpha value is -1.05. The van der Waals surface area contributed by atoms with Gasteiger partial charge in [-0.3, -0.25) is 4.79 Å². The van der Waals surface area contributed by atoms with Crippen molar-refractivity contribution in [3.8, 4) is 0 Å². The zero-order valence-corrected chi connectivity index (χ0v) is 11.7. The summed E-state index contributed by atoms with van der Waals surface area (Å²) in [5.41, 5.74) is 0. The zero-order valence-electron chi connectivity index (χ0n) is 11.7. The molecule has 0 spiro atoms. The molecule has 102 valence electrons. The first-order valence-corrected chi connectivity index (χ1v) is 7.46.